The maximum Gasteiger partial charge on any atom is 0.277 e. The monoisotopic (exact) mass is 486 g/mol. The fraction of sp³-hybridized carbons (Fsp3) is 0.172. The van der Waals surface area contributed by atoms with E-state index in [1.54, 1.807) is 13.1 Å². The number of nitrogens with zero attached hydrogens (tertiary/aromatic N) is 2. The Morgan fingerprint density at radius 3 is 2.69 bits per heavy atom. The Hall–Kier alpha value is -3.51. The molecule has 1 aromatic heterocycles. The fourth-order valence-corrected chi connectivity index (χ4v) is 4.08. The van der Waals surface area contributed by atoms with Gasteiger partial charge in [-0.3, -0.25) is 9.63 Å². The van der Waals surface area contributed by atoms with Gasteiger partial charge in [-0.1, -0.05) is 66.2 Å². The minimum absolute atomic E-state index is 0.214. The number of hydroxylamine groups is 2. The molecule has 4 rings (SSSR count). The van der Waals surface area contributed by atoms with Gasteiger partial charge in [0, 0.05) is 23.0 Å². The van der Waals surface area contributed by atoms with Gasteiger partial charge in [-0.15, -0.1) is 0 Å². The number of halogens is 1. The SMILES string of the molecule is CON(C)C(=O)c1ccccc1CCC(O)c1cccc(C=Cc2ccc3ccc(Cl)cc3n2)c1. The van der Waals surface area contributed by atoms with E-state index < -0.39 is 6.10 Å². The maximum atomic E-state index is 12.6. The molecule has 35 heavy (non-hydrogen) atoms. The van der Waals surface area contributed by atoms with E-state index in [0.717, 1.165) is 33.3 Å². The summed E-state index contributed by atoms with van der Waals surface area (Å²) in [4.78, 5) is 22.2. The molecule has 0 aliphatic rings. The van der Waals surface area contributed by atoms with E-state index in [1.165, 1.54) is 12.2 Å². The van der Waals surface area contributed by atoms with Gasteiger partial charge in [0.2, 0.25) is 0 Å². The Labute approximate surface area is 210 Å². The smallest absolute Gasteiger partial charge is 0.277 e. The van der Waals surface area contributed by atoms with Gasteiger partial charge in [-0.25, -0.2) is 10.0 Å². The minimum Gasteiger partial charge on any atom is -0.388 e. The molecule has 0 spiro atoms. The van der Waals surface area contributed by atoms with Gasteiger partial charge >= 0.3 is 0 Å². The molecule has 5 nitrogen and oxygen atoms in total. The van der Waals surface area contributed by atoms with Crippen molar-refractivity contribution in [3.05, 3.63) is 112 Å². The van der Waals surface area contributed by atoms with Crippen LogP contribution in [0.4, 0.5) is 0 Å². The molecule has 1 heterocycles. The molecule has 3 aromatic carbocycles. The van der Waals surface area contributed by atoms with Crippen LogP contribution in [0, 0.1) is 0 Å². The molecule has 0 fully saturated rings. The van der Waals surface area contributed by atoms with Crippen molar-refractivity contribution in [2.24, 2.45) is 0 Å². The summed E-state index contributed by atoms with van der Waals surface area (Å²) >= 11 is 6.09. The Balaban J connectivity index is 1.45. The minimum atomic E-state index is -0.660. The van der Waals surface area contributed by atoms with E-state index >= 15 is 0 Å². The Morgan fingerprint density at radius 1 is 1.06 bits per heavy atom. The molecule has 0 radical (unpaired) electrons. The van der Waals surface area contributed by atoms with Crippen molar-refractivity contribution in [2.45, 2.75) is 18.9 Å². The highest BCUT2D eigenvalue weighted by atomic mass is 35.5. The van der Waals surface area contributed by atoms with Crippen LogP contribution in [0.3, 0.4) is 0 Å². The van der Waals surface area contributed by atoms with Crippen LogP contribution in [0.5, 0.6) is 0 Å². The van der Waals surface area contributed by atoms with Gasteiger partial charge in [0.05, 0.1) is 24.4 Å². The van der Waals surface area contributed by atoms with E-state index in [4.69, 9.17) is 16.4 Å². The molecule has 4 aromatic rings. The maximum absolute atomic E-state index is 12.6. The molecular formula is C29H27ClN2O3. The van der Waals surface area contributed by atoms with Crippen LogP contribution < -0.4 is 0 Å². The molecule has 1 N–H and O–H groups in total. The number of aliphatic hydroxyl groups excluding tert-OH is 1. The average Bonchev–Trinajstić information content (AvgIpc) is 2.89. The summed E-state index contributed by atoms with van der Waals surface area (Å²) in [6, 6.07) is 24.8. The number of hydrogen-bond donors (Lipinski definition) is 1. The number of hydrogen-bond acceptors (Lipinski definition) is 4. The third-order valence-corrected chi connectivity index (χ3v) is 6.15. The van der Waals surface area contributed by atoms with Gasteiger partial charge in [0.15, 0.2) is 0 Å². The quantitative estimate of drug-likeness (QED) is 0.294. The summed E-state index contributed by atoms with van der Waals surface area (Å²) in [5.41, 5.74) is 4.91. The third kappa shape index (κ3) is 6.14. The predicted molar refractivity (Wildman–Crippen MR) is 141 cm³/mol. The summed E-state index contributed by atoms with van der Waals surface area (Å²) < 4.78 is 0. The van der Waals surface area contributed by atoms with E-state index in [-0.39, 0.29) is 5.91 Å². The van der Waals surface area contributed by atoms with Gasteiger partial charge in [0.25, 0.3) is 5.91 Å². The van der Waals surface area contributed by atoms with Gasteiger partial charge < -0.3 is 5.11 Å². The Morgan fingerprint density at radius 2 is 1.86 bits per heavy atom. The lowest BCUT2D eigenvalue weighted by Gasteiger charge is -2.17. The molecule has 0 saturated heterocycles. The van der Waals surface area contributed by atoms with Crippen LogP contribution in [0.15, 0.2) is 78.9 Å². The average molecular weight is 487 g/mol. The second-order valence-electron chi connectivity index (χ2n) is 8.27. The molecule has 1 unspecified atom stereocenters. The summed E-state index contributed by atoms with van der Waals surface area (Å²) in [5.74, 6) is -0.214. The molecule has 1 atom stereocenters. The topological polar surface area (TPSA) is 62.7 Å². The van der Waals surface area contributed by atoms with Gasteiger partial charge in [-0.2, -0.15) is 0 Å². The zero-order chi connectivity index (χ0) is 24.8. The molecule has 1 amide bonds. The molecule has 0 aliphatic heterocycles. The third-order valence-electron chi connectivity index (χ3n) is 5.91. The second kappa shape index (κ2) is 11.3. The largest absolute Gasteiger partial charge is 0.388 e. The molecule has 0 bridgehead atoms. The van der Waals surface area contributed by atoms with E-state index in [0.29, 0.717) is 23.4 Å². The first-order chi connectivity index (χ1) is 16.9. The van der Waals surface area contributed by atoms with Crippen LogP contribution in [0.1, 0.15) is 45.3 Å². The first-order valence-electron chi connectivity index (χ1n) is 11.4. The standard InChI is InChI=1S/C29H27ClN2O3/c1-32(35-2)29(34)26-9-4-3-7-21(26)13-17-28(33)23-8-5-6-20(18-23)10-15-25-16-12-22-11-14-24(30)19-27(22)31-25/h3-12,14-16,18-19,28,33H,13,17H2,1-2H3. The first-order valence-corrected chi connectivity index (χ1v) is 11.7. The van der Waals surface area contributed by atoms with Crippen LogP contribution in [0.25, 0.3) is 23.1 Å². The van der Waals surface area contributed by atoms with Crippen molar-refractivity contribution < 1.29 is 14.7 Å². The predicted octanol–water partition coefficient (Wildman–Crippen LogP) is 6.36. The van der Waals surface area contributed by atoms with Crippen molar-refractivity contribution in [1.29, 1.82) is 0 Å². The highest BCUT2D eigenvalue weighted by Crippen LogP contribution is 2.23. The number of carbonyl (C=O) groups is 1. The van der Waals surface area contributed by atoms with Crippen molar-refractivity contribution in [1.82, 2.24) is 10.0 Å². The van der Waals surface area contributed by atoms with Crippen LogP contribution in [0.2, 0.25) is 5.02 Å². The zero-order valence-electron chi connectivity index (χ0n) is 19.7. The lowest BCUT2D eigenvalue weighted by atomic mass is 9.97. The number of aliphatic hydroxyl groups is 1. The van der Waals surface area contributed by atoms with Crippen molar-refractivity contribution in [3.8, 4) is 0 Å². The van der Waals surface area contributed by atoms with E-state index in [1.807, 2.05) is 84.9 Å². The van der Waals surface area contributed by atoms with Gasteiger partial charge in [-0.05, 0) is 65.9 Å². The second-order valence-corrected chi connectivity index (χ2v) is 8.71. The Bertz CT molecular complexity index is 1370. The molecular weight excluding hydrogens is 460 g/mol. The van der Waals surface area contributed by atoms with Crippen LogP contribution in [-0.4, -0.2) is 35.2 Å². The molecule has 178 valence electrons. The number of fused-ring (bicyclic) bond motifs is 1. The number of rotatable bonds is 8. The van der Waals surface area contributed by atoms with Crippen molar-refractivity contribution in [2.75, 3.05) is 14.2 Å². The highest BCUT2D eigenvalue weighted by molar-refractivity contribution is 6.31. The lowest BCUT2D eigenvalue weighted by molar-refractivity contribution is -0.0757. The summed E-state index contributed by atoms with van der Waals surface area (Å²) in [6.45, 7) is 0. The number of aromatic nitrogens is 1. The Kier molecular flexibility index (Phi) is 7.93. The molecule has 0 saturated carbocycles. The van der Waals surface area contributed by atoms with Crippen molar-refractivity contribution in [3.63, 3.8) is 0 Å². The summed E-state index contributed by atoms with van der Waals surface area (Å²) in [7, 11) is 3.03. The zero-order valence-corrected chi connectivity index (χ0v) is 20.4. The first kappa shape index (κ1) is 24.6. The number of pyridine rings is 1. The number of benzene rings is 3. The normalized spacial score (nSPS) is 12.2. The number of amides is 1. The summed E-state index contributed by atoms with van der Waals surface area (Å²) in [6.07, 6.45) is 4.31. The number of aryl methyl sites for hydroxylation is 1. The highest BCUT2D eigenvalue weighted by Gasteiger charge is 2.16. The molecule has 0 aliphatic carbocycles. The van der Waals surface area contributed by atoms with Crippen LogP contribution in [-0.2, 0) is 11.3 Å². The number of carbonyl (C=O) groups excluding carboxylic acids is 1. The fourth-order valence-electron chi connectivity index (χ4n) is 3.91. The summed E-state index contributed by atoms with van der Waals surface area (Å²) in [5, 5.41) is 13.7. The van der Waals surface area contributed by atoms with Crippen LogP contribution >= 0.6 is 11.6 Å². The molecule has 6 heteroatoms. The van der Waals surface area contributed by atoms with Gasteiger partial charge in [0.1, 0.15) is 0 Å². The van der Waals surface area contributed by atoms with E-state index in [9.17, 15) is 9.90 Å². The van der Waals surface area contributed by atoms with Crippen molar-refractivity contribution >= 4 is 40.6 Å². The van der Waals surface area contributed by atoms with E-state index in [2.05, 4.69) is 4.98 Å². The lowest BCUT2D eigenvalue weighted by Crippen LogP contribution is -2.26.